The molecule has 0 fully saturated rings. The van der Waals surface area contributed by atoms with Crippen molar-refractivity contribution in [1.29, 1.82) is 0 Å². The molecule has 1 atom stereocenters. The van der Waals surface area contributed by atoms with Crippen molar-refractivity contribution in [3.05, 3.63) is 94.5 Å². The van der Waals surface area contributed by atoms with E-state index >= 15 is 0 Å². The molecule has 33 heavy (non-hydrogen) atoms. The van der Waals surface area contributed by atoms with Gasteiger partial charge in [0.05, 0.1) is 16.6 Å². The lowest BCUT2D eigenvalue weighted by Crippen LogP contribution is -2.34. The summed E-state index contributed by atoms with van der Waals surface area (Å²) in [6.07, 6.45) is 0.396. The Kier molecular flexibility index (Phi) is 8.12. The van der Waals surface area contributed by atoms with Gasteiger partial charge in [0, 0.05) is 38.4 Å². The average molecular weight is 464 g/mol. The minimum Gasteiger partial charge on any atom is -0.377 e. The van der Waals surface area contributed by atoms with Crippen LogP contribution in [-0.2, 0) is 11.3 Å². The van der Waals surface area contributed by atoms with Crippen LogP contribution in [0.15, 0.2) is 72.8 Å². The van der Waals surface area contributed by atoms with Gasteiger partial charge >= 0.3 is 0 Å². The van der Waals surface area contributed by atoms with Gasteiger partial charge in [0.1, 0.15) is 0 Å². The van der Waals surface area contributed by atoms with Gasteiger partial charge < -0.3 is 15.1 Å². The Morgan fingerprint density at radius 3 is 2.27 bits per heavy atom. The molecule has 0 aliphatic heterocycles. The van der Waals surface area contributed by atoms with Crippen LogP contribution in [-0.4, -0.2) is 30.8 Å². The number of rotatable bonds is 8. The number of anilines is 2. The molecule has 2 amide bonds. The van der Waals surface area contributed by atoms with Crippen molar-refractivity contribution in [3.63, 3.8) is 0 Å². The van der Waals surface area contributed by atoms with E-state index in [1.165, 1.54) is 0 Å². The van der Waals surface area contributed by atoms with E-state index in [2.05, 4.69) is 5.32 Å². The molecular weight excluding hydrogens is 434 g/mol. The van der Waals surface area contributed by atoms with Crippen LogP contribution in [0.25, 0.3) is 0 Å². The lowest BCUT2D eigenvalue weighted by atomic mass is 10.0. The number of hydrogen-bond acceptors (Lipinski definition) is 3. The summed E-state index contributed by atoms with van der Waals surface area (Å²) in [5, 5.41) is 3.34. The summed E-state index contributed by atoms with van der Waals surface area (Å²) in [5.74, 6) is -0.204. The molecule has 0 aromatic heterocycles. The van der Waals surface area contributed by atoms with Gasteiger partial charge in [-0.25, -0.2) is 0 Å². The molecule has 0 spiro atoms. The fraction of sp³-hybridized carbons (Fsp3) is 0.259. The van der Waals surface area contributed by atoms with Crippen LogP contribution < -0.4 is 10.2 Å². The summed E-state index contributed by atoms with van der Waals surface area (Å²) in [5.41, 5.74) is 4.10. The van der Waals surface area contributed by atoms with E-state index < -0.39 is 0 Å². The molecular formula is C27H30ClN3O2. The zero-order valence-corrected chi connectivity index (χ0v) is 20.3. The van der Waals surface area contributed by atoms with Crippen LogP contribution in [0, 0.1) is 0 Å². The van der Waals surface area contributed by atoms with Gasteiger partial charge in [0.15, 0.2) is 0 Å². The van der Waals surface area contributed by atoms with Crippen LogP contribution in [0.2, 0.25) is 5.02 Å². The first-order valence-corrected chi connectivity index (χ1v) is 11.4. The molecule has 5 nitrogen and oxygen atoms in total. The Morgan fingerprint density at radius 2 is 1.64 bits per heavy atom. The number of hydrogen-bond donors (Lipinski definition) is 1. The number of halogens is 1. The predicted molar refractivity (Wildman–Crippen MR) is 136 cm³/mol. The Labute approximate surface area is 201 Å². The first-order valence-electron chi connectivity index (χ1n) is 11.0. The minimum absolute atomic E-state index is 0.0554. The maximum absolute atomic E-state index is 13.7. The fourth-order valence-electron chi connectivity index (χ4n) is 3.74. The summed E-state index contributed by atoms with van der Waals surface area (Å²) >= 11 is 6.39. The highest BCUT2D eigenvalue weighted by molar-refractivity contribution is 6.33. The van der Waals surface area contributed by atoms with Crippen molar-refractivity contribution in [2.45, 2.75) is 32.9 Å². The standard InChI is InChI=1S/C27H30ClN3O2/c1-5-26(32)29-22-15-16-25(30(3)4)21(17-22)18-31(19(2)20-11-7-6-8-12-20)27(33)23-13-9-10-14-24(23)28/h6-17,19H,5,18H2,1-4H3,(H,29,32)/t19-/m1/s1. The highest BCUT2D eigenvalue weighted by Gasteiger charge is 2.26. The van der Waals surface area contributed by atoms with E-state index in [1.807, 2.05) is 98.4 Å². The summed E-state index contributed by atoms with van der Waals surface area (Å²) in [4.78, 5) is 29.5. The Morgan fingerprint density at radius 1 is 0.970 bits per heavy atom. The van der Waals surface area contributed by atoms with E-state index in [-0.39, 0.29) is 17.9 Å². The molecule has 0 bridgehead atoms. The van der Waals surface area contributed by atoms with Gasteiger partial charge in [-0.05, 0) is 48.4 Å². The van der Waals surface area contributed by atoms with Gasteiger partial charge in [-0.1, -0.05) is 61.0 Å². The molecule has 0 heterocycles. The average Bonchev–Trinajstić information content (AvgIpc) is 2.82. The monoisotopic (exact) mass is 463 g/mol. The largest absolute Gasteiger partial charge is 0.377 e. The van der Waals surface area contributed by atoms with E-state index in [9.17, 15) is 9.59 Å². The lowest BCUT2D eigenvalue weighted by Gasteiger charge is -2.32. The van der Waals surface area contributed by atoms with Crippen molar-refractivity contribution >= 4 is 34.8 Å². The molecule has 0 saturated carbocycles. The minimum atomic E-state index is -0.195. The van der Waals surface area contributed by atoms with Crippen LogP contribution in [0.3, 0.4) is 0 Å². The molecule has 3 aromatic carbocycles. The second kappa shape index (κ2) is 11.0. The van der Waals surface area contributed by atoms with Crippen molar-refractivity contribution in [1.82, 2.24) is 4.90 Å². The van der Waals surface area contributed by atoms with Crippen molar-refractivity contribution in [2.24, 2.45) is 0 Å². The third kappa shape index (κ3) is 5.93. The molecule has 0 unspecified atom stereocenters. The third-order valence-corrected chi connectivity index (χ3v) is 5.95. The van der Waals surface area contributed by atoms with Crippen LogP contribution in [0.5, 0.6) is 0 Å². The first kappa shape index (κ1) is 24.3. The molecule has 0 aliphatic rings. The van der Waals surface area contributed by atoms with E-state index in [1.54, 1.807) is 12.1 Å². The van der Waals surface area contributed by atoms with Crippen molar-refractivity contribution in [3.8, 4) is 0 Å². The fourth-order valence-corrected chi connectivity index (χ4v) is 3.96. The Bertz CT molecular complexity index is 1120. The number of amides is 2. The van der Waals surface area contributed by atoms with Gasteiger partial charge in [-0.3, -0.25) is 9.59 Å². The highest BCUT2D eigenvalue weighted by atomic mass is 35.5. The van der Waals surface area contributed by atoms with Crippen LogP contribution in [0.4, 0.5) is 11.4 Å². The summed E-state index contributed by atoms with van der Waals surface area (Å²) in [6.45, 7) is 4.18. The van der Waals surface area contributed by atoms with Gasteiger partial charge in [0.2, 0.25) is 5.91 Å². The number of benzene rings is 3. The highest BCUT2D eigenvalue weighted by Crippen LogP contribution is 2.31. The number of carbonyl (C=O) groups excluding carboxylic acids is 2. The number of carbonyl (C=O) groups is 2. The molecule has 172 valence electrons. The quantitative estimate of drug-likeness (QED) is 0.435. The molecule has 0 saturated heterocycles. The van der Waals surface area contributed by atoms with Gasteiger partial charge in [-0.15, -0.1) is 0 Å². The van der Waals surface area contributed by atoms with Crippen molar-refractivity contribution < 1.29 is 9.59 Å². The second-order valence-corrected chi connectivity index (χ2v) is 8.55. The van der Waals surface area contributed by atoms with Crippen molar-refractivity contribution in [2.75, 3.05) is 24.3 Å². The van der Waals surface area contributed by atoms with Gasteiger partial charge in [-0.2, -0.15) is 0 Å². The molecule has 0 radical (unpaired) electrons. The normalized spacial score (nSPS) is 11.5. The number of nitrogens with one attached hydrogen (secondary N) is 1. The third-order valence-electron chi connectivity index (χ3n) is 5.62. The molecule has 0 aliphatic carbocycles. The first-order chi connectivity index (χ1) is 15.8. The maximum atomic E-state index is 13.7. The molecule has 6 heteroatoms. The summed E-state index contributed by atoms with van der Waals surface area (Å²) in [6, 6.07) is 22.6. The zero-order valence-electron chi connectivity index (χ0n) is 19.5. The Balaban J connectivity index is 2.06. The zero-order chi connectivity index (χ0) is 24.0. The second-order valence-electron chi connectivity index (χ2n) is 8.14. The SMILES string of the molecule is CCC(=O)Nc1ccc(N(C)C)c(CN(C(=O)c2ccccc2Cl)[C@H](C)c2ccccc2)c1. The molecule has 1 N–H and O–H groups in total. The predicted octanol–water partition coefficient (Wildman–Crippen LogP) is 6.16. The summed E-state index contributed by atoms with van der Waals surface area (Å²) < 4.78 is 0. The number of nitrogens with zero attached hydrogens (tertiary/aromatic N) is 2. The maximum Gasteiger partial charge on any atom is 0.256 e. The lowest BCUT2D eigenvalue weighted by molar-refractivity contribution is -0.115. The summed E-state index contributed by atoms with van der Waals surface area (Å²) in [7, 11) is 3.92. The van der Waals surface area contributed by atoms with E-state index in [0.29, 0.717) is 29.2 Å². The van der Waals surface area contributed by atoms with Gasteiger partial charge in [0.25, 0.3) is 5.91 Å². The molecule has 3 rings (SSSR count). The smallest absolute Gasteiger partial charge is 0.256 e. The molecule has 3 aromatic rings. The topological polar surface area (TPSA) is 52.7 Å². The van der Waals surface area contributed by atoms with E-state index in [4.69, 9.17) is 11.6 Å². The Hall–Kier alpha value is -3.31. The van der Waals surface area contributed by atoms with E-state index in [0.717, 1.165) is 16.8 Å². The van der Waals surface area contributed by atoms with Crippen LogP contribution >= 0.6 is 11.6 Å². The van der Waals surface area contributed by atoms with Crippen LogP contribution in [0.1, 0.15) is 47.8 Å².